The summed E-state index contributed by atoms with van der Waals surface area (Å²) in [6.07, 6.45) is 0.609. The maximum absolute atomic E-state index is 13.4. The van der Waals surface area contributed by atoms with Crippen LogP contribution < -0.4 is 31.9 Å². The average molecular weight is 882 g/mol. The molecule has 0 spiro atoms. The Kier molecular flexibility index (Phi) is 15.8. The van der Waals surface area contributed by atoms with Crippen molar-refractivity contribution in [2.24, 2.45) is 0 Å². The predicted molar refractivity (Wildman–Crippen MR) is 244 cm³/mol. The third-order valence-electron chi connectivity index (χ3n) is 10.7. The summed E-state index contributed by atoms with van der Waals surface area (Å²) in [4.78, 5) is 75.9. The minimum Gasteiger partial charge on any atom is -0.379 e. The van der Waals surface area contributed by atoms with Crippen molar-refractivity contribution in [3.63, 3.8) is 0 Å². The van der Waals surface area contributed by atoms with Crippen LogP contribution in [0.3, 0.4) is 0 Å². The van der Waals surface area contributed by atoms with Gasteiger partial charge in [-0.2, -0.15) is 0 Å². The third-order valence-corrected chi connectivity index (χ3v) is 10.7. The largest absolute Gasteiger partial charge is 0.379 e. The summed E-state index contributed by atoms with van der Waals surface area (Å²) < 4.78 is 16.8. The molecule has 3 aliphatic heterocycles. The Morgan fingerprint density at radius 3 is 2.26 bits per heavy atom. The molecule has 16 heteroatoms. The molecule has 336 valence electrons. The van der Waals surface area contributed by atoms with Gasteiger partial charge >= 0.3 is 0 Å². The fourth-order valence-corrected chi connectivity index (χ4v) is 7.53. The van der Waals surface area contributed by atoms with Crippen LogP contribution in [0.15, 0.2) is 91.0 Å². The van der Waals surface area contributed by atoms with Crippen molar-refractivity contribution in [2.75, 3.05) is 68.7 Å². The van der Waals surface area contributed by atoms with E-state index in [0.717, 1.165) is 22.4 Å². The number of carbonyl (C=O) groups excluding carboxylic acids is 6. The summed E-state index contributed by atoms with van der Waals surface area (Å²) in [5, 5.41) is 17.6. The summed E-state index contributed by atoms with van der Waals surface area (Å²) in [5.41, 5.74) is 7.65. The molecule has 0 radical (unpaired) electrons. The number of nitrogens with zero attached hydrogens (tertiary/aromatic N) is 1. The molecule has 1 saturated heterocycles. The van der Waals surface area contributed by atoms with Gasteiger partial charge < -0.3 is 45.7 Å². The van der Waals surface area contributed by atoms with Gasteiger partial charge in [0.15, 0.2) is 0 Å². The van der Waals surface area contributed by atoms with Crippen molar-refractivity contribution >= 4 is 63.8 Å². The molecule has 65 heavy (non-hydrogen) atoms. The highest BCUT2D eigenvalue weighted by Gasteiger charge is 2.39. The molecule has 1 unspecified atom stereocenters. The number of nitrogens with one attached hydrogen (secondary N) is 6. The number of fused-ring (bicyclic) bond motifs is 2. The predicted octanol–water partition coefficient (Wildman–Crippen LogP) is 4.04. The molecule has 0 aromatic heterocycles. The van der Waals surface area contributed by atoms with Gasteiger partial charge in [0.05, 0.1) is 63.0 Å². The molecular formula is C49H51N7O9. The topological polar surface area (TPSA) is 206 Å². The molecule has 6 N–H and O–H groups in total. The van der Waals surface area contributed by atoms with Crippen LogP contribution >= 0.6 is 0 Å². The van der Waals surface area contributed by atoms with Gasteiger partial charge in [0.1, 0.15) is 6.04 Å². The van der Waals surface area contributed by atoms with Gasteiger partial charge in [0, 0.05) is 66.6 Å². The number of amides is 6. The molecule has 7 rings (SSSR count). The molecule has 3 heterocycles. The van der Waals surface area contributed by atoms with Crippen LogP contribution in [0.25, 0.3) is 11.3 Å². The monoisotopic (exact) mass is 881 g/mol. The lowest BCUT2D eigenvalue weighted by Crippen LogP contribution is -2.52. The second-order valence-electron chi connectivity index (χ2n) is 15.3. The second-order valence-corrected chi connectivity index (χ2v) is 15.3. The van der Waals surface area contributed by atoms with E-state index in [2.05, 4.69) is 43.7 Å². The Balaban J connectivity index is 0.757. The summed E-state index contributed by atoms with van der Waals surface area (Å²) >= 11 is 0. The lowest BCUT2D eigenvalue weighted by atomic mass is 9.99. The summed E-state index contributed by atoms with van der Waals surface area (Å²) in [7, 11) is 0. The number of carbonyl (C=O) groups is 6. The highest BCUT2D eigenvalue weighted by atomic mass is 16.5. The number of hydrogen-bond acceptors (Lipinski definition) is 11. The van der Waals surface area contributed by atoms with Crippen LogP contribution in [0, 0.1) is 11.8 Å². The zero-order valence-corrected chi connectivity index (χ0v) is 36.1. The average Bonchev–Trinajstić information content (AvgIpc) is 3.81. The first-order valence-corrected chi connectivity index (χ1v) is 21.6. The first kappa shape index (κ1) is 45.9. The molecule has 4 aromatic rings. The molecule has 0 bridgehead atoms. The van der Waals surface area contributed by atoms with E-state index < -0.39 is 11.9 Å². The van der Waals surface area contributed by atoms with Crippen LogP contribution in [0.5, 0.6) is 0 Å². The molecular weight excluding hydrogens is 831 g/mol. The van der Waals surface area contributed by atoms with E-state index in [1.165, 1.54) is 4.90 Å². The Morgan fingerprint density at radius 1 is 0.785 bits per heavy atom. The van der Waals surface area contributed by atoms with Crippen LogP contribution in [-0.2, 0) is 51.3 Å². The molecule has 0 saturated carbocycles. The van der Waals surface area contributed by atoms with Gasteiger partial charge in [-0.05, 0) is 72.5 Å². The Bertz CT molecular complexity index is 2510. The van der Waals surface area contributed by atoms with Gasteiger partial charge in [0.2, 0.25) is 17.7 Å². The molecule has 1 atom stereocenters. The lowest BCUT2D eigenvalue weighted by molar-refractivity contribution is -0.137. The molecule has 3 aliphatic rings. The van der Waals surface area contributed by atoms with Crippen molar-refractivity contribution in [1.29, 1.82) is 0 Å². The van der Waals surface area contributed by atoms with Gasteiger partial charge in [-0.3, -0.25) is 34.1 Å². The quantitative estimate of drug-likeness (QED) is 0.0324. The standard InChI is InChI=1S/C49H51N7O9/c1-2-51-42(57)18-11-32-10-15-39-40(28-32)54-48(61)45(39)46(34-6-4-3-5-7-34)53-36-12-8-33(9-13-36)30-50-21-23-64-25-27-65-26-24-63-22-20-44(59)52-37-14-16-38-35(29-37)31-56(49(38)62)41-17-19-43(58)55-47(41)60/h3-10,12-16,28-29,41,50,53H,2,17,19-27,30-31H2,1H3,(H,51,57)(H,52,59)(H,54,61)(H,55,58,60)/b46-45-. The molecule has 4 aromatic carbocycles. The van der Waals surface area contributed by atoms with Crippen LogP contribution in [0.4, 0.5) is 17.1 Å². The van der Waals surface area contributed by atoms with Gasteiger partial charge in [-0.25, -0.2) is 0 Å². The number of piperidine rings is 1. The van der Waals surface area contributed by atoms with E-state index in [1.807, 2.05) is 67.6 Å². The second kappa shape index (κ2) is 22.5. The molecule has 0 aliphatic carbocycles. The van der Waals surface area contributed by atoms with E-state index in [4.69, 9.17) is 14.2 Å². The Morgan fingerprint density at radius 2 is 1.51 bits per heavy atom. The highest BCUT2D eigenvalue weighted by Crippen LogP contribution is 2.38. The van der Waals surface area contributed by atoms with E-state index in [1.54, 1.807) is 30.3 Å². The van der Waals surface area contributed by atoms with Crippen molar-refractivity contribution in [3.8, 4) is 11.8 Å². The van der Waals surface area contributed by atoms with Crippen molar-refractivity contribution in [3.05, 3.63) is 124 Å². The zero-order chi connectivity index (χ0) is 45.5. The van der Waals surface area contributed by atoms with Crippen molar-refractivity contribution in [2.45, 2.75) is 45.3 Å². The van der Waals surface area contributed by atoms with E-state index in [0.29, 0.717) is 92.0 Å². The Hall–Kier alpha value is -7.16. The SMILES string of the molecule is CCNC(=O)C#Cc1ccc2c(c1)NC(=O)/C2=C(\Nc1ccc(CNCCOCCOCCOCCC(=O)Nc2ccc3c(c2)CN(C2CCC(=O)NC2=O)C3=O)cc1)c1ccccc1. The van der Waals surface area contributed by atoms with E-state index >= 15 is 0 Å². The smallest absolute Gasteiger partial charge is 0.296 e. The highest BCUT2D eigenvalue weighted by molar-refractivity contribution is 6.37. The number of hydrogen-bond donors (Lipinski definition) is 6. The molecule has 16 nitrogen and oxygen atoms in total. The minimum atomic E-state index is -0.695. The number of ether oxygens (including phenoxy) is 3. The summed E-state index contributed by atoms with van der Waals surface area (Å²) in [5.74, 6) is 3.53. The molecule has 6 amide bonds. The summed E-state index contributed by atoms with van der Waals surface area (Å²) in [6, 6.07) is 27.4. The van der Waals surface area contributed by atoms with E-state index in [-0.39, 0.29) is 62.0 Å². The van der Waals surface area contributed by atoms with Crippen LogP contribution in [-0.4, -0.2) is 99.1 Å². The summed E-state index contributed by atoms with van der Waals surface area (Å²) in [6.45, 7) is 6.08. The maximum atomic E-state index is 13.4. The van der Waals surface area contributed by atoms with Gasteiger partial charge in [-0.15, -0.1) is 0 Å². The fraction of sp³-hybridized carbons (Fsp3) is 0.306. The number of rotatable bonds is 20. The third kappa shape index (κ3) is 12.3. The van der Waals surface area contributed by atoms with Crippen molar-refractivity contribution < 1.29 is 43.0 Å². The zero-order valence-electron chi connectivity index (χ0n) is 36.1. The molecule has 1 fully saturated rings. The minimum absolute atomic E-state index is 0.140. The van der Waals surface area contributed by atoms with Gasteiger partial charge in [0.25, 0.3) is 17.7 Å². The first-order chi connectivity index (χ1) is 31.7. The van der Waals surface area contributed by atoms with Crippen molar-refractivity contribution in [1.82, 2.24) is 20.9 Å². The lowest BCUT2D eigenvalue weighted by Gasteiger charge is -2.29. The number of imide groups is 1. The first-order valence-electron chi connectivity index (χ1n) is 21.6. The number of benzene rings is 4. The Labute approximate surface area is 376 Å². The normalized spacial score (nSPS) is 15.9. The fourth-order valence-electron chi connectivity index (χ4n) is 7.53. The van der Waals surface area contributed by atoms with Crippen LogP contribution in [0.1, 0.15) is 64.4 Å². The van der Waals surface area contributed by atoms with E-state index in [9.17, 15) is 28.8 Å². The van der Waals surface area contributed by atoms with Gasteiger partial charge in [-0.1, -0.05) is 54.5 Å². The maximum Gasteiger partial charge on any atom is 0.296 e. The number of anilines is 3. The van der Waals surface area contributed by atoms with Crippen LogP contribution in [0.2, 0.25) is 0 Å².